The number of aryl methyl sites for hydroxylation is 1. The van der Waals surface area contributed by atoms with Gasteiger partial charge in [0, 0.05) is 24.4 Å². The largest absolute Gasteiger partial charge is 0.464 e. The summed E-state index contributed by atoms with van der Waals surface area (Å²) in [4.78, 5) is 14.8. The van der Waals surface area contributed by atoms with Crippen LogP contribution in [0.3, 0.4) is 0 Å². The van der Waals surface area contributed by atoms with Crippen molar-refractivity contribution in [3.8, 4) is 11.8 Å². The number of rotatable bonds is 5. The standard InChI is InChI=1S/C22H26N2O3/c1-17-9-14-21(27-17)16-24(20-7-3-4-8-20)22(25)23-19-12-10-18(11-13-19)6-5-15-26-2/h9-14,20H,3-4,7-8,15-16H2,1-2H3,(H,23,25). The number of amides is 2. The van der Waals surface area contributed by atoms with Gasteiger partial charge in [0.2, 0.25) is 0 Å². The van der Waals surface area contributed by atoms with E-state index >= 15 is 0 Å². The topological polar surface area (TPSA) is 54.7 Å². The Balaban J connectivity index is 1.67. The SMILES string of the molecule is COCC#Cc1ccc(NC(=O)N(Cc2ccc(C)o2)C2CCCC2)cc1. The molecule has 5 nitrogen and oxygen atoms in total. The smallest absolute Gasteiger partial charge is 0.322 e. The molecule has 1 aliphatic carbocycles. The lowest BCUT2D eigenvalue weighted by Gasteiger charge is -2.28. The number of furan rings is 1. The summed E-state index contributed by atoms with van der Waals surface area (Å²) in [6, 6.07) is 11.6. The van der Waals surface area contributed by atoms with Crippen molar-refractivity contribution >= 4 is 11.7 Å². The predicted molar refractivity (Wildman–Crippen MR) is 105 cm³/mol. The third-order valence-electron chi connectivity index (χ3n) is 4.73. The van der Waals surface area contributed by atoms with Gasteiger partial charge in [-0.25, -0.2) is 4.79 Å². The van der Waals surface area contributed by atoms with Gasteiger partial charge in [-0.3, -0.25) is 0 Å². The Morgan fingerprint density at radius 3 is 2.59 bits per heavy atom. The average molecular weight is 366 g/mol. The van der Waals surface area contributed by atoms with Gasteiger partial charge in [-0.2, -0.15) is 0 Å². The molecule has 2 aromatic rings. The highest BCUT2D eigenvalue weighted by molar-refractivity contribution is 5.89. The highest BCUT2D eigenvalue weighted by Crippen LogP contribution is 2.26. The first kappa shape index (κ1) is 19.1. The molecule has 1 heterocycles. The molecule has 142 valence electrons. The molecule has 1 aliphatic rings. The van der Waals surface area contributed by atoms with Gasteiger partial charge in [-0.05, 0) is 56.2 Å². The molecule has 0 spiro atoms. The van der Waals surface area contributed by atoms with Crippen LogP contribution < -0.4 is 5.32 Å². The summed E-state index contributed by atoms with van der Waals surface area (Å²) < 4.78 is 10.6. The lowest BCUT2D eigenvalue weighted by Crippen LogP contribution is -2.41. The van der Waals surface area contributed by atoms with Gasteiger partial charge in [0.1, 0.15) is 18.1 Å². The van der Waals surface area contributed by atoms with E-state index in [9.17, 15) is 4.79 Å². The van der Waals surface area contributed by atoms with Crippen LogP contribution in [0.1, 0.15) is 42.8 Å². The van der Waals surface area contributed by atoms with Gasteiger partial charge in [0.25, 0.3) is 0 Å². The van der Waals surface area contributed by atoms with Crippen LogP contribution >= 0.6 is 0 Å². The highest BCUT2D eigenvalue weighted by Gasteiger charge is 2.27. The second kappa shape index (κ2) is 9.29. The zero-order valence-electron chi connectivity index (χ0n) is 16.0. The van der Waals surface area contributed by atoms with Crippen LogP contribution in [0.15, 0.2) is 40.8 Å². The summed E-state index contributed by atoms with van der Waals surface area (Å²) in [7, 11) is 1.62. The van der Waals surface area contributed by atoms with Gasteiger partial charge < -0.3 is 19.4 Å². The molecule has 0 saturated heterocycles. The molecule has 1 N–H and O–H groups in total. The van der Waals surface area contributed by atoms with E-state index in [-0.39, 0.29) is 12.1 Å². The first-order valence-electron chi connectivity index (χ1n) is 9.36. The molecule has 5 heteroatoms. The molecule has 0 atom stereocenters. The number of methoxy groups -OCH3 is 1. The molecule has 1 aromatic heterocycles. The summed E-state index contributed by atoms with van der Waals surface area (Å²) in [6.07, 6.45) is 4.42. The van der Waals surface area contributed by atoms with Gasteiger partial charge in [-0.15, -0.1) is 0 Å². The summed E-state index contributed by atoms with van der Waals surface area (Å²) >= 11 is 0. The van der Waals surface area contributed by atoms with Crippen molar-refractivity contribution in [2.45, 2.75) is 45.2 Å². The highest BCUT2D eigenvalue weighted by atomic mass is 16.5. The van der Waals surface area contributed by atoms with E-state index < -0.39 is 0 Å². The Labute approximate surface area is 160 Å². The fraction of sp³-hybridized carbons (Fsp3) is 0.409. The molecule has 0 bridgehead atoms. The maximum atomic E-state index is 12.9. The van der Waals surface area contributed by atoms with Crippen molar-refractivity contribution in [1.82, 2.24) is 4.90 Å². The molecule has 1 saturated carbocycles. The lowest BCUT2D eigenvalue weighted by molar-refractivity contribution is 0.178. The minimum atomic E-state index is -0.0887. The minimum Gasteiger partial charge on any atom is -0.464 e. The number of carbonyl (C=O) groups excluding carboxylic acids is 1. The van der Waals surface area contributed by atoms with Crippen LogP contribution in [-0.2, 0) is 11.3 Å². The average Bonchev–Trinajstić information content (AvgIpc) is 3.33. The minimum absolute atomic E-state index is 0.0887. The molecular weight excluding hydrogens is 340 g/mol. The molecule has 2 amide bonds. The first-order valence-corrected chi connectivity index (χ1v) is 9.36. The predicted octanol–water partition coefficient (Wildman–Crippen LogP) is 4.56. The van der Waals surface area contributed by atoms with Crippen molar-refractivity contribution in [2.24, 2.45) is 0 Å². The third kappa shape index (κ3) is 5.38. The summed E-state index contributed by atoms with van der Waals surface area (Å²) in [5.41, 5.74) is 1.65. The monoisotopic (exact) mass is 366 g/mol. The van der Waals surface area contributed by atoms with Crippen LogP contribution in [-0.4, -0.2) is 30.7 Å². The number of urea groups is 1. The third-order valence-corrected chi connectivity index (χ3v) is 4.73. The first-order chi connectivity index (χ1) is 13.2. The summed E-state index contributed by atoms with van der Waals surface area (Å²) in [5, 5.41) is 3.01. The molecule has 0 aliphatic heterocycles. The Bertz CT molecular complexity index is 808. The van der Waals surface area contributed by atoms with Gasteiger partial charge in [0.15, 0.2) is 0 Å². The number of nitrogens with zero attached hydrogens (tertiary/aromatic N) is 1. The number of anilines is 1. The molecule has 1 fully saturated rings. The van der Waals surface area contributed by atoms with E-state index in [1.807, 2.05) is 48.2 Å². The van der Waals surface area contributed by atoms with E-state index in [0.29, 0.717) is 13.2 Å². The zero-order chi connectivity index (χ0) is 19.1. The maximum Gasteiger partial charge on any atom is 0.322 e. The maximum absolute atomic E-state index is 12.9. The number of hydrogen-bond donors (Lipinski definition) is 1. The van der Waals surface area contributed by atoms with Crippen LogP contribution in [0.2, 0.25) is 0 Å². The normalized spacial score (nSPS) is 13.9. The summed E-state index contributed by atoms with van der Waals surface area (Å²) in [5.74, 6) is 7.62. The van der Waals surface area contributed by atoms with Gasteiger partial charge in [0.05, 0.1) is 6.54 Å². The van der Waals surface area contributed by atoms with Crippen LogP contribution in [0.25, 0.3) is 0 Å². The second-order valence-corrected chi connectivity index (χ2v) is 6.82. The quantitative estimate of drug-likeness (QED) is 0.789. The molecule has 3 rings (SSSR count). The van der Waals surface area contributed by atoms with Crippen molar-refractivity contribution in [2.75, 3.05) is 19.0 Å². The number of benzene rings is 1. The Hall–Kier alpha value is -2.71. The number of nitrogens with one attached hydrogen (secondary N) is 1. The van der Waals surface area contributed by atoms with Crippen molar-refractivity contribution in [1.29, 1.82) is 0 Å². The molecule has 0 radical (unpaired) electrons. The molecule has 27 heavy (non-hydrogen) atoms. The fourth-order valence-electron chi connectivity index (χ4n) is 3.36. The van der Waals surface area contributed by atoms with E-state index in [0.717, 1.165) is 35.6 Å². The van der Waals surface area contributed by atoms with E-state index in [1.54, 1.807) is 7.11 Å². The second-order valence-electron chi connectivity index (χ2n) is 6.82. The van der Waals surface area contributed by atoms with Crippen molar-refractivity contribution < 1.29 is 13.9 Å². The van der Waals surface area contributed by atoms with Crippen LogP contribution in [0, 0.1) is 18.8 Å². The molecule has 0 unspecified atom stereocenters. The van der Waals surface area contributed by atoms with Crippen LogP contribution in [0.5, 0.6) is 0 Å². The van der Waals surface area contributed by atoms with E-state index in [2.05, 4.69) is 17.2 Å². The lowest BCUT2D eigenvalue weighted by atomic mass is 10.2. The van der Waals surface area contributed by atoms with Crippen molar-refractivity contribution in [3.05, 3.63) is 53.5 Å². The van der Waals surface area contributed by atoms with Gasteiger partial charge in [-0.1, -0.05) is 24.7 Å². The zero-order valence-corrected chi connectivity index (χ0v) is 16.0. The summed E-state index contributed by atoms with van der Waals surface area (Å²) in [6.45, 7) is 2.81. The number of carbonyl (C=O) groups is 1. The Morgan fingerprint density at radius 1 is 1.22 bits per heavy atom. The van der Waals surface area contributed by atoms with Crippen molar-refractivity contribution in [3.63, 3.8) is 0 Å². The fourth-order valence-corrected chi connectivity index (χ4v) is 3.36. The number of ether oxygens (including phenoxy) is 1. The Morgan fingerprint density at radius 2 is 1.96 bits per heavy atom. The number of hydrogen-bond acceptors (Lipinski definition) is 3. The van der Waals surface area contributed by atoms with E-state index in [1.165, 1.54) is 12.8 Å². The van der Waals surface area contributed by atoms with E-state index in [4.69, 9.17) is 9.15 Å². The van der Waals surface area contributed by atoms with Crippen LogP contribution in [0.4, 0.5) is 10.5 Å². The molecular formula is C22H26N2O3. The molecule has 1 aromatic carbocycles. The Kier molecular flexibility index (Phi) is 6.56. The van der Waals surface area contributed by atoms with Gasteiger partial charge >= 0.3 is 6.03 Å².